The number of nitrogen functional groups attached to an aromatic ring is 2. The van der Waals surface area contributed by atoms with Crippen molar-refractivity contribution in [3.63, 3.8) is 0 Å². The van der Waals surface area contributed by atoms with Gasteiger partial charge in [0.1, 0.15) is 23.0 Å². The van der Waals surface area contributed by atoms with Crippen molar-refractivity contribution >= 4 is 41.3 Å². The maximum atomic E-state index is 12.8. The molecule has 0 saturated heterocycles. The molecule has 0 radical (unpaired) electrons. The van der Waals surface area contributed by atoms with E-state index in [1.54, 1.807) is 48.5 Å². The van der Waals surface area contributed by atoms with Gasteiger partial charge in [-0.25, -0.2) is 9.78 Å². The molecule has 0 atom stereocenters. The van der Waals surface area contributed by atoms with Gasteiger partial charge in [0.25, 0.3) is 0 Å². The fraction of sp³-hybridized carbons (Fsp3) is 0.0769. The Hall–Kier alpha value is -5.34. The molecule has 0 aliphatic carbocycles. The molecule has 0 spiro atoms. The fourth-order valence-corrected chi connectivity index (χ4v) is 2.94. The van der Waals surface area contributed by atoms with Crippen LogP contribution >= 0.6 is 0 Å². The molecular weight excluding hydrogens is 558 g/mol. The van der Waals surface area contributed by atoms with Crippen LogP contribution in [0.15, 0.2) is 72.9 Å². The molecule has 2 aromatic heterocycles. The van der Waals surface area contributed by atoms with Crippen molar-refractivity contribution in [3.05, 3.63) is 89.9 Å². The first-order valence-corrected chi connectivity index (χ1v) is 11.3. The topological polar surface area (TPSA) is 149 Å². The molecule has 2 aromatic carbocycles. The predicted octanol–water partition coefficient (Wildman–Crippen LogP) is 6.39. The van der Waals surface area contributed by atoms with Gasteiger partial charge >= 0.3 is 18.3 Å². The lowest BCUT2D eigenvalue weighted by Crippen LogP contribution is -2.21. The molecule has 6 N–H and O–H groups in total. The van der Waals surface area contributed by atoms with Crippen LogP contribution in [0.2, 0.25) is 0 Å². The Morgan fingerprint density at radius 3 is 2.07 bits per heavy atom. The van der Waals surface area contributed by atoms with Crippen molar-refractivity contribution in [2.24, 2.45) is 0 Å². The molecule has 0 aliphatic rings. The SMILES string of the molecule is Nc1ccc(/C=C/c2cc(Nc3ccc(Oc4ccnc(C(F)(F)F)c4)cc3)nc(N)n2)cc1.O=C(O)C(F)(F)F. The first-order valence-electron chi connectivity index (χ1n) is 11.3. The van der Waals surface area contributed by atoms with Gasteiger partial charge in [-0.05, 0) is 54.1 Å². The molecule has 0 amide bonds. The second-order valence-electron chi connectivity index (χ2n) is 7.97. The van der Waals surface area contributed by atoms with E-state index in [0.717, 1.165) is 17.8 Å². The normalized spacial score (nSPS) is 11.5. The van der Waals surface area contributed by atoms with Crippen molar-refractivity contribution < 1.29 is 41.0 Å². The lowest BCUT2D eigenvalue weighted by Gasteiger charge is -2.10. The van der Waals surface area contributed by atoms with E-state index in [1.165, 1.54) is 6.07 Å². The zero-order chi connectivity index (χ0) is 30.2. The number of aromatic nitrogens is 3. The van der Waals surface area contributed by atoms with Gasteiger partial charge in [-0.1, -0.05) is 18.2 Å². The first-order chi connectivity index (χ1) is 19.2. The molecule has 0 saturated carbocycles. The molecule has 9 nitrogen and oxygen atoms in total. The monoisotopic (exact) mass is 578 g/mol. The molecule has 4 rings (SSSR count). The predicted molar refractivity (Wildman–Crippen MR) is 139 cm³/mol. The van der Waals surface area contributed by atoms with Gasteiger partial charge < -0.3 is 26.6 Å². The molecule has 41 heavy (non-hydrogen) atoms. The summed E-state index contributed by atoms with van der Waals surface area (Å²) < 4.78 is 75.7. The average Bonchev–Trinajstić information content (AvgIpc) is 2.89. The number of rotatable bonds is 6. The number of ether oxygens (including phenoxy) is 1. The Morgan fingerprint density at radius 2 is 1.49 bits per heavy atom. The van der Waals surface area contributed by atoms with Crippen LogP contribution in [0.4, 0.5) is 49.5 Å². The highest BCUT2D eigenvalue weighted by molar-refractivity contribution is 5.73. The van der Waals surface area contributed by atoms with Crippen LogP contribution in [-0.4, -0.2) is 32.2 Å². The van der Waals surface area contributed by atoms with Crippen LogP contribution in [0.3, 0.4) is 0 Å². The lowest BCUT2D eigenvalue weighted by molar-refractivity contribution is -0.192. The quantitative estimate of drug-likeness (QED) is 0.151. The number of carboxylic acid groups (broad SMARTS) is 1. The summed E-state index contributed by atoms with van der Waals surface area (Å²) in [6.07, 6.45) is -4.90. The molecular formula is C26H20F6N6O3. The van der Waals surface area contributed by atoms with E-state index in [4.69, 9.17) is 26.1 Å². The zero-order valence-electron chi connectivity index (χ0n) is 20.6. The zero-order valence-corrected chi connectivity index (χ0v) is 20.6. The summed E-state index contributed by atoms with van der Waals surface area (Å²) in [5.74, 6) is -1.79. The van der Waals surface area contributed by atoms with E-state index in [9.17, 15) is 26.3 Å². The highest BCUT2D eigenvalue weighted by Gasteiger charge is 2.38. The first kappa shape index (κ1) is 30.2. The van der Waals surface area contributed by atoms with Gasteiger partial charge in [0, 0.05) is 29.7 Å². The van der Waals surface area contributed by atoms with E-state index in [0.29, 0.717) is 28.6 Å². The average molecular weight is 578 g/mol. The van der Waals surface area contributed by atoms with E-state index < -0.39 is 24.0 Å². The highest BCUT2D eigenvalue weighted by Crippen LogP contribution is 2.31. The number of nitrogens with one attached hydrogen (secondary N) is 1. The number of carbonyl (C=O) groups is 1. The lowest BCUT2D eigenvalue weighted by atomic mass is 10.2. The van der Waals surface area contributed by atoms with Crippen LogP contribution in [0, 0.1) is 0 Å². The molecule has 0 fully saturated rings. The van der Waals surface area contributed by atoms with Crippen molar-refractivity contribution in [1.29, 1.82) is 0 Å². The van der Waals surface area contributed by atoms with Crippen LogP contribution in [0.25, 0.3) is 12.2 Å². The fourth-order valence-electron chi connectivity index (χ4n) is 2.94. The maximum Gasteiger partial charge on any atom is 0.490 e. The number of alkyl halides is 6. The van der Waals surface area contributed by atoms with Gasteiger partial charge in [0.15, 0.2) is 0 Å². The van der Waals surface area contributed by atoms with Gasteiger partial charge in [0.05, 0.1) is 5.69 Å². The number of aliphatic carboxylic acids is 1. The summed E-state index contributed by atoms with van der Waals surface area (Å²) in [4.78, 5) is 20.6. The summed E-state index contributed by atoms with van der Waals surface area (Å²) in [6, 6.07) is 17.9. The number of nitrogens with zero attached hydrogens (tertiary/aromatic N) is 3. The molecule has 0 aliphatic heterocycles. The minimum Gasteiger partial charge on any atom is -0.475 e. The highest BCUT2D eigenvalue weighted by atomic mass is 19.4. The second-order valence-corrected chi connectivity index (χ2v) is 7.97. The van der Waals surface area contributed by atoms with Crippen molar-refractivity contribution in [3.8, 4) is 11.5 Å². The summed E-state index contributed by atoms with van der Waals surface area (Å²) in [6.45, 7) is 0. The number of hydrogen-bond donors (Lipinski definition) is 4. The number of hydrogen-bond acceptors (Lipinski definition) is 8. The number of benzene rings is 2. The molecule has 0 bridgehead atoms. The molecule has 0 unspecified atom stereocenters. The van der Waals surface area contributed by atoms with Gasteiger partial charge in [-0.15, -0.1) is 0 Å². The van der Waals surface area contributed by atoms with E-state index >= 15 is 0 Å². The Balaban J connectivity index is 0.000000587. The Labute approximate surface area is 228 Å². The van der Waals surface area contributed by atoms with Gasteiger partial charge in [-0.3, -0.25) is 4.98 Å². The molecule has 2 heterocycles. The van der Waals surface area contributed by atoms with Crippen LogP contribution in [0.5, 0.6) is 11.5 Å². The molecule has 4 aromatic rings. The smallest absolute Gasteiger partial charge is 0.475 e. The number of nitrogens with two attached hydrogens (primary N) is 2. The number of carboxylic acids is 1. The van der Waals surface area contributed by atoms with Crippen molar-refractivity contribution in [1.82, 2.24) is 15.0 Å². The van der Waals surface area contributed by atoms with Crippen LogP contribution in [-0.2, 0) is 11.0 Å². The Morgan fingerprint density at radius 1 is 0.854 bits per heavy atom. The maximum absolute atomic E-state index is 12.8. The third-order valence-electron chi connectivity index (χ3n) is 4.77. The van der Waals surface area contributed by atoms with Crippen LogP contribution in [0.1, 0.15) is 17.0 Å². The van der Waals surface area contributed by atoms with Gasteiger partial charge in [0.2, 0.25) is 5.95 Å². The van der Waals surface area contributed by atoms with E-state index in [1.807, 2.05) is 18.2 Å². The number of anilines is 4. The standard InChI is InChI=1S/C24H19F3N6O.C2HF3O2/c25-24(26,27)21-14-20(11-12-30-21)34-19-9-7-17(8-10-19)31-22-13-18(32-23(29)33-22)6-3-15-1-4-16(28)5-2-15;3-2(4,5)1(6)7/h1-14H,28H2,(H3,29,31,32,33);(H,6,7)/b6-3+;. The Kier molecular flexibility index (Phi) is 9.34. The summed E-state index contributed by atoms with van der Waals surface area (Å²) in [7, 11) is 0. The van der Waals surface area contributed by atoms with E-state index in [-0.39, 0.29) is 11.7 Å². The Bertz CT molecular complexity index is 1510. The summed E-state index contributed by atoms with van der Waals surface area (Å²) in [5, 5.41) is 10.2. The molecule has 15 heteroatoms. The second kappa shape index (κ2) is 12.7. The minimum atomic E-state index is -5.08. The van der Waals surface area contributed by atoms with Crippen LogP contribution < -0.4 is 21.5 Å². The number of pyridine rings is 1. The summed E-state index contributed by atoms with van der Waals surface area (Å²) in [5.41, 5.74) is 13.4. The largest absolute Gasteiger partial charge is 0.490 e. The van der Waals surface area contributed by atoms with Crippen molar-refractivity contribution in [2.75, 3.05) is 16.8 Å². The third-order valence-corrected chi connectivity index (χ3v) is 4.77. The minimum absolute atomic E-state index is 0.0316. The molecule has 214 valence electrons. The number of halogens is 6. The van der Waals surface area contributed by atoms with Gasteiger partial charge in [-0.2, -0.15) is 31.3 Å². The van der Waals surface area contributed by atoms with E-state index in [2.05, 4.69) is 20.3 Å². The van der Waals surface area contributed by atoms with Crippen molar-refractivity contribution in [2.45, 2.75) is 12.4 Å². The third kappa shape index (κ3) is 9.72. The summed E-state index contributed by atoms with van der Waals surface area (Å²) >= 11 is 0.